The second-order valence-corrected chi connectivity index (χ2v) is 7.60. The smallest absolute Gasteiger partial charge is 0.225 e. The highest BCUT2D eigenvalue weighted by atomic mass is 32.2. The lowest BCUT2D eigenvalue weighted by molar-refractivity contribution is 0.586. The van der Waals surface area contributed by atoms with Gasteiger partial charge in [-0.25, -0.2) is 13.4 Å². The molecular weight excluding hydrogens is 284 g/mol. The van der Waals surface area contributed by atoms with Crippen LogP contribution in [0.3, 0.4) is 0 Å². The number of rotatable bonds is 2. The highest BCUT2D eigenvalue weighted by Gasteiger charge is 2.24. The lowest BCUT2D eigenvalue weighted by Gasteiger charge is -2.28. The summed E-state index contributed by atoms with van der Waals surface area (Å²) in [5.41, 5.74) is 0. The van der Waals surface area contributed by atoms with Crippen LogP contribution in [0.2, 0.25) is 0 Å². The van der Waals surface area contributed by atoms with Gasteiger partial charge in [-0.2, -0.15) is 4.98 Å². The molecule has 0 aromatic carbocycles. The molecule has 2 aromatic heterocycles. The van der Waals surface area contributed by atoms with Crippen LogP contribution in [0.1, 0.15) is 0 Å². The lowest BCUT2D eigenvalue weighted by Crippen LogP contribution is -2.40. The van der Waals surface area contributed by atoms with Crippen molar-refractivity contribution in [2.45, 2.75) is 0 Å². The van der Waals surface area contributed by atoms with Crippen molar-refractivity contribution in [2.75, 3.05) is 41.9 Å². The summed E-state index contributed by atoms with van der Waals surface area (Å²) >= 11 is 1.56. The maximum Gasteiger partial charge on any atom is 0.225 e. The molecule has 0 radical (unpaired) electrons. The fraction of sp³-hybridized carbons (Fsp3) is 0.455. The van der Waals surface area contributed by atoms with Crippen LogP contribution in [0.25, 0.3) is 10.2 Å². The van der Waals surface area contributed by atoms with E-state index in [1.54, 1.807) is 18.4 Å². The molecule has 0 atom stereocenters. The third kappa shape index (κ3) is 2.37. The lowest BCUT2D eigenvalue weighted by atomic mass is 10.3. The van der Waals surface area contributed by atoms with E-state index in [9.17, 15) is 8.42 Å². The van der Waals surface area contributed by atoms with Gasteiger partial charge in [-0.1, -0.05) is 0 Å². The molecule has 19 heavy (non-hydrogen) atoms. The molecule has 3 rings (SSSR count). The highest BCUT2D eigenvalue weighted by molar-refractivity contribution is 7.91. The van der Waals surface area contributed by atoms with Crippen LogP contribution in [0.5, 0.6) is 0 Å². The average molecular weight is 298 g/mol. The number of nitrogens with one attached hydrogen (secondary N) is 1. The molecule has 0 amide bonds. The van der Waals surface area contributed by atoms with Crippen LogP contribution < -0.4 is 10.2 Å². The summed E-state index contributed by atoms with van der Waals surface area (Å²) in [5.74, 6) is 1.78. The maximum atomic E-state index is 11.5. The first-order valence-corrected chi connectivity index (χ1v) is 8.67. The molecule has 2 aromatic rings. The van der Waals surface area contributed by atoms with Gasteiger partial charge >= 0.3 is 0 Å². The van der Waals surface area contributed by atoms with E-state index in [-0.39, 0.29) is 11.5 Å². The van der Waals surface area contributed by atoms with Crippen LogP contribution in [0.15, 0.2) is 11.4 Å². The van der Waals surface area contributed by atoms with E-state index >= 15 is 0 Å². The fourth-order valence-electron chi connectivity index (χ4n) is 2.12. The van der Waals surface area contributed by atoms with Gasteiger partial charge in [0.05, 0.1) is 16.9 Å². The third-order valence-electron chi connectivity index (χ3n) is 3.17. The number of hydrogen-bond acceptors (Lipinski definition) is 7. The Morgan fingerprint density at radius 1 is 1.32 bits per heavy atom. The van der Waals surface area contributed by atoms with Crippen molar-refractivity contribution in [2.24, 2.45) is 0 Å². The molecule has 1 aliphatic rings. The first-order chi connectivity index (χ1) is 9.09. The molecule has 0 saturated carbocycles. The second-order valence-electron chi connectivity index (χ2n) is 4.40. The Morgan fingerprint density at radius 3 is 2.74 bits per heavy atom. The fourth-order valence-corrected chi connectivity index (χ4v) is 4.08. The minimum atomic E-state index is -2.88. The van der Waals surface area contributed by atoms with Crippen molar-refractivity contribution in [3.8, 4) is 0 Å². The zero-order chi connectivity index (χ0) is 13.5. The first kappa shape index (κ1) is 12.6. The van der Waals surface area contributed by atoms with Crippen molar-refractivity contribution in [3.05, 3.63) is 11.4 Å². The Hall–Kier alpha value is -1.41. The summed E-state index contributed by atoms with van der Waals surface area (Å²) in [6.07, 6.45) is 0. The first-order valence-electron chi connectivity index (χ1n) is 5.97. The van der Waals surface area contributed by atoms with Crippen LogP contribution in [-0.4, -0.2) is 50.0 Å². The molecule has 0 aliphatic carbocycles. The number of sulfone groups is 1. The Kier molecular flexibility index (Phi) is 3.06. The van der Waals surface area contributed by atoms with Crippen molar-refractivity contribution in [3.63, 3.8) is 0 Å². The largest absolute Gasteiger partial charge is 0.357 e. The van der Waals surface area contributed by atoms with Crippen LogP contribution >= 0.6 is 11.3 Å². The van der Waals surface area contributed by atoms with Gasteiger partial charge in [-0.05, 0) is 11.4 Å². The minimum absolute atomic E-state index is 0.192. The van der Waals surface area contributed by atoms with Gasteiger partial charge in [0.2, 0.25) is 5.95 Å². The van der Waals surface area contributed by atoms with Gasteiger partial charge < -0.3 is 10.2 Å². The quantitative estimate of drug-likeness (QED) is 0.890. The third-order valence-corrected chi connectivity index (χ3v) is 5.59. The summed E-state index contributed by atoms with van der Waals surface area (Å²) in [5, 5.41) is 5.91. The van der Waals surface area contributed by atoms with E-state index in [1.165, 1.54) is 0 Å². The predicted molar refractivity (Wildman–Crippen MR) is 77.8 cm³/mol. The van der Waals surface area contributed by atoms with Crippen molar-refractivity contribution < 1.29 is 8.42 Å². The zero-order valence-electron chi connectivity index (χ0n) is 10.5. The molecule has 102 valence electrons. The molecule has 1 fully saturated rings. The Balaban J connectivity index is 2.02. The van der Waals surface area contributed by atoms with Gasteiger partial charge in [-0.15, -0.1) is 11.3 Å². The Labute approximate surface area is 115 Å². The topological polar surface area (TPSA) is 75.2 Å². The summed E-state index contributed by atoms with van der Waals surface area (Å²) in [6, 6.07) is 1.98. The normalized spacial score (nSPS) is 18.7. The highest BCUT2D eigenvalue weighted by Crippen LogP contribution is 2.29. The van der Waals surface area contributed by atoms with E-state index in [4.69, 9.17) is 0 Å². The van der Waals surface area contributed by atoms with Crippen molar-refractivity contribution in [1.82, 2.24) is 9.97 Å². The summed E-state index contributed by atoms with van der Waals surface area (Å²) < 4.78 is 23.0. The molecule has 0 spiro atoms. The van der Waals surface area contributed by atoms with Crippen LogP contribution in [-0.2, 0) is 9.84 Å². The Bertz CT molecular complexity index is 697. The molecule has 8 heteroatoms. The number of hydrogen-bond donors (Lipinski definition) is 1. The second kappa shape index (κ2) is 4.61. The summed E-state index contributed by atoms with van der Waals surface area (Å²) in [6.45, 7) is 0.987. The van der Waals surface area contributed by atoms with Gasteiger partial charge in [0.25, 0.3) is 0 Å². The van der Waals surface area contributed by atoms with Crippen LogP contribution in [0.4, 0.5) is 11.8 Å². The summed E-state index contributed by atoms with van der Waals surface area (Å²) in [4.78, 5) is 11.8. The standard InChI is InChI=1S/C11H14N4O2S2/c1-12-11-13-9(8-2-5-18-10(8)14-11)15-3-6-19(16,17)7-4-15/h2,5H,3-4,6-7H2,1H3,(H,12,13,14). The molecule has 0 unspecified atom stereocenters. The van der Waals surface area contributed by atoms with Crippen LogP contribution in [0, 0.1) is 0 Å². The molecule has 1 N–H and O–H groups in total. The SMILES string of the molecule is CNc1nc(N2CCS(=O)(=O)CC2)c2ccsc2n1. The Morgan fingerprint density at radius 2 is 2.05 bits per heavy atom. The van der Waals surface area contributed by atoms with E-state index in [0.29, 0.717) is 19.0 Å². The van der Waals surface area contributed by atoms with Gasteiger partial charge in [0.1, 0.15) is 10.6 Å². The molecule has 1 saturated heterocycles. The predicted octanol–water partition coefficient (Wildman–Crippen LogP) is 0.968. The number of thiophene rings is 1. The zero-order valence-corrected chi connectivity index (χ0v) is 12.1. The van der Waals surface area contributed by atoms with Gasteiger partial charge in [-0.3, -0.25) is 0 Å². The number of nitrogens with zero attached hydrogens (tertiary/aromatic N) is 3. The molecular formula is C11H14N4O2S2. The average Bonchev–Trinajstić information content (AvgIpc) is 2.86. The number of aromatic nitrogens is 2. The number of anilines is 2. The van der Waals surface area contributed by atoms with Crippen molar-refractivity contribution >= 4 is 43.2 Å². The molecule has 6 nitrogen and oxygen atoms in total. The molecule has 3 heterocycles. The monoisotopic (exact) mass is 298 g/mol. The number of fused-ring (bicyclic) bond motifs is 1. The van der Waals surface area contributed by atoms with E-state index in [2.05, 4.69) is 15.3 Å². The maximum absolute atomic E-state index is 11.5. The minimum Gasteiger partial charge on any atom is -0.357 e. The van der Waals surface area contributed by atoms with E-state index < -0.39 is 9.84 Å². The molecule has 0 bridgehead atoms. The van der Waals surface area contributed by atoms with Crippen molar-refractivity contribution in [1.29, 1.82) is 0 Å². The van der Waals surface area contributed by atoms with E-state index in [0.717, 1.165) is 16.0 Å². The van der Waals surface area contributed by atoms with E-state index in [1.807, 2.05) is 16.3 Å². The molecule has 1 aliphatic heterocycles. The van der Waals surface area contributed by atoms with Gasteiger partial charge in [0.15, 0.2) is 9.84 Å². The van der Waals surface area contributed by atoms with Gasteiger partial charge in [0, 0.05) is 20.1 Å². The summed E-state index contributed by atoms with van der Waals surface area (Å²) in [7, 11) is -1.10.